The van der Waals surface area contributed by atoms with E-state index in [1.165, 1.54) is 6.07 Å². The number of benzene rings is 1. The number of ether oxygens (including phenoxy) is 2. The number of nitro groups is 1. The fraction of sp³-hybridized carbons (Fsp3) is 0.600. The van der Waals surface area contributed by atoms with Crippen molar-refractivity contribution < 1.29 is 18.8 Å². The van der Waals surface area contributed by atoms with Crippen LogP contribution in [0.2, 0.25) is 0 Å². The van der Waals surface area contributed by atoms with Gasteiger partial charge in [0, 0.05) is 26.2 Å². The minimum atomic E-state index is -0.582. The van der Waals surface area contributed by atoms with Crippen LogP contribution in [0.15, 0.2) is 12.1 Å². The normalized spacial score (nSPS) is 21.4. The van der Waals surface area contributed by atoms with E-state index in [2.05, 4.69) is 5.32 Å². The maximum atomic E-state index is 14.3. The van der Waals surface area contributed by atoms with Crippen LogP contribution in [0.1, 0.15) is 12.8 Å². The van der Waals surface area contributed by atoms with Crippen molar-refractivity contribution >= 4 is 17.1 Å². The van der Waals surface area contributed by atoms with Crippen molar-refractivity contribution in [1.29, 1.82) is 0 Å². The standard InChI is InChI=1S/C15H20FN3O4/c16-12-8-15(19(20)21)13(17-10-11-2-1-5-23-11)9-14(12)18-3-6-22-7-4-18/h8-9,11,17H,1-7,10H2/t11-/m0/s1. The fourth-order valence-corrected chi connectivity index (χ4v) is 2.92. The summed E-state index contributed by atoms with van der Waals surface area (Å²) in [6.07, 6.45) is 1.97. The molecule has 2 heterocycles. The molecule has 126 valence electrons. The van der Waals surface area contributed by atoms with Gasteiger partial charge in [0.2, 0.25) is 0 Å². The van der Waals surface area contributed by atoms with E-state index in [9.17, 15) is 14.5 Å². The topological polar surface area (TPSA) is 76.9 Å². The minimum Gasteiger partial charge on any atom is -0.378 e. The molecule has 7 nitrogen and oxygen atoms in total. The molecular formula is C15H20FN3O4. The maximum absolute atomic E-state index is 14.3. The van der Waals surface area contributed by atoms with Gasteiger partial charge in [-0.2, -0.15) is 0 Å². The summed E-state index contributed by atoms with van der Waals surface area (Å²) in [5.41, 5.74) is 0.444. The van der Waals surface area contributed by atoms with E-state index in [1.807, 2.05) is 4.90 Å². The van der Waals surface area contributed by atoms with Crippen molar-refractivity contribution in [2.45, 2.75) is 18.9 Å². The third-order valence-electron chi connectivity index (χ3n) is 4.16. The first-order chi connectivity index (χ1) is 11.1. The molecular weight excluding hydrogens is 305 g/mol. The average molecular weight is 325 g/mol. The van der Waals surface area contributed by atoms with Gasteiger partial charge in [0.05, 0.1) is 36.0 Å². The second-order valence-electron chi connectivity index (χ2n) is 5.69. The van der Waals surface area contributed by atoms with Gasteiger partial charge < -0.3 is 19.7 Å². The van der Waals surface area contributed by atoms with Crippen molar-refractivity contribution in [3.63, 3.8) is 0 Å². The third kappa shape index (κ3) is 3.70. The first-order valence-corrected chi connectivity index (χ1v) is 7.81. The predicted octanol–water partition coefficient (Wildman–Crippen LogP) is 2.16. The summed E-state index contributed by atoms with van der Waals surface area (Å²) >= 11 is 0. The summed E-state index contributed by atoms with van der Waals surface area (Å²) in [4.78, 5) is 12.5. The molecule has 3 rings (SSSR count). The molecule has 0 radical (unpaired) electrons. The van der Waals surface area contributed by atoms with E-state index in [1.54, 1.807) is 0 Å². The van der Waals surface area contributed by atoms with Crippen LogP contribution in [0, 0.1) is 15.9 Å². The first kappa shape index (κ1) is 15.9. The molecule has 23 heavy (non-hydrogen) atoms. The highest BCUT2D eigenvalue weighted by Crippen LogP contribution is 2.33. The Labute approximate surface area is 133 Å². The quantitative estimate of drug-likeness (QED) is 0.660. The molecule has 1 N–H and O–H groups in total. The third-order valence-corrected chi connectivity index (χ3v) is 4.16. The van der Waals surface area contributed by atoms with Crippen LogP contribution in [0.25, 0.3) is 0 Å². The van der Waals surface area contributed by atoms with Gasteiger partial charge in [-0.25, -0.2) is 4.39 Å². The monoisotopic (exact) mass is 325 g/mol. The summed E-state index contributed by atoms with van der Waals surface area (Å²) in [5.74, 6) is -0.582. The van der Waals surface area contributed by atoms with Gasteiger partial charge in [0.1, 0.15) is 5.69 Å². The van der Waals surface area contributed by atoms with E-state index >= 15 is 0 Å². The molecule has 0 unspecified atom stereocenters. The zero-order chi connectivity index (χ0) is 16.2. The lowest BCUT2D eigenvalue weighted by Crippen LogP contribution is -2.36. The fourth-order valence-electron chi connectivity index (χ4n) is 2.92. The number of rotatable bonds is 5. The molecule has 1 atom stereocenters. The lowest BCUT2D eigenvalue weighted by Gasteiger charge is -2.29. The smallest absolute Gasteiger partial charge is 0.295 e. The average Bonchev–Trinajstić information content (AvgIpc) is 3.07. The number of halogens is 1. The molecule has 0 aromatic heterocycles. The van der Waals surface area contributed by atoms with E-state index < -0.39 is 10.7 Å². The van der Waals surface area contributed by atoms with Crippen LogP contribution in [-0.2, 0) is 9.47 Å². The lowest BCUT2D eigenvalue weighted by molar-refractivity contribution is -0.384. The van der Waals surface area contributed by atoms with E-state index in [-0.39, 0.29) is 11.8 Å². The highest BCUT2D eigenvalue weighted by Gasteiger charge is 2.24. The molecule has 0 aliphatic carbocycles. The van der Waals surface area contributed by atoms with Gasteiger partial charge in [-0.3, -0.25) is 10.1 Å². The summed E-state index contributed by atoms with van der Waals surface area (Å²) in [6.45, 7) is 3.38. The van der Waals surface area contributed by atoms with Crippen LogP contribution in [0.4, 0.5) is 21.5 Å². The molecule has 8 heteroatoms. The highest BCUT2D eigenvalue weighted by atomic mass is 19.1. The van der Waals surface area contributed by atoms with Crippen molar-refractivity contribution in [2.24, 2.45) is 0 Å². The zero-order valence-electron chi connectivity index (χ0n) is 12.8. The number of morpholine rings is 1. The minimum absolute atomic E-state index is 0.0477. The Morgan fingerprint density at radius 2 is 2.13 bits per heavy atom. The molecule has 0 amide bonds. The van der Waals surface area contributed by atoms with Crippen LogP contribution in [0.3, 0.4) is 0 Å². The highest BCUT2D eigenvalue weighted by molar-refractivity contribution is 5.70. The Balaban J connectivity index is 1.82. The number of nitro benzene ring substituents is 1. The summed E-state index contributed by atoms with van der Waals surface area (Å²) in [6, 6.07) is 2.51. The molecule has 2 fully saturated rings. The molecule has 0 bridgehead atoms. The predicted molar refractivity (Wildman–Crippen MR) is 83.6 cm³/mol. The second-order valence-corrected chi connectivity index (χ2v) is 5.69. The molecule has 2 aliphatic rings. The Hall–Kier alpha value is -1.93. The molecule has 1 aromatic carbocycles. The van der Waals surface area contributed by atoms with Crippen molar-refractivity contribution in [2.75, 3.05) is 49.7 Å². The Morgan fingerprint density at radius 1 is 1.35 bits per heavy atom. The molecule has 2 aliphatic heterocycles. The second kappa shape index (κ2) is 7.10. The number of nitrogens with one attached hydrogen (secondary N) is 1. The van der Waals surface area contributed by atoms with E-state index in [0.29, 0.717) is 44.2 Å². The summed E-state index contributed by atoms with van der Waals surface area (Å²) in [5, 5.41) is 14.2. The van der Waals surface area contributed by atoms with Crippen molar-refractivity contribution in [1.82, 2.24) is 0 Å². The summed E-state index contributed by atoms with van der Waals surface area (Å²) < 4.78 is 25.1. The Morgan fingerprint density at radius 3 is 2.78 bits per heavy atom. The summed E-state index contributed by atoms with van der Waals surface area (Å²) in [7, 11) is 0. The zero-order valence-corrected chi connectivity index (χ0v) is 12.8. The number of anilines is 2. The molecule has 2 saturated heterocycles. The van der Waals surface area contributed by atoms with Crippen LogP contribution < -0.4 is 10.2 Å². The van der Waals surface area contributed by atoms with Crippen LogP contribution >= 0.6 is 0 Å². The number of hydrogen-bond acceptors (Lipinski definition) is 6. The first-order valence-electron chi connectivity index (χ1n) is 7.81. The Kier molecular flexibility index (Phi) is 4.92. The van der Waals surface area contributed by atoms with Crippen LogP contribution in [-0.4, -0.2) is 50.5 Å². The van der Waals surface area contributed by atoms with Gasteiger partial charge in [-0.1, -0.05) is 0 Å². The molecule has 1 aromatic rings. The lowest BCUT2D eigenvalue weighted by atomic mass is 10.2. The van der Waals surface area contributed by atoms with Gasteiger partial charge in [-0.05, 0) is 18.9 Å². The molecule has 0 spiro atoms. The Bertz CT molecular complexity index is 572. The van der Waals surface area contributed by atoms with Gasteiger partial charge >= 0.3 is 0 Å². The van der Waals surface area contributed by atoms with Gasteiger partial charge in [0.25, 0.3) is 5.69 Å². The van der Waals surface area contributed by atoms with Crippen molar-refractivity contribution in [3.05, 3.63) is 28.1 Å². The molecule has 0 saturated carbocycles. The largest absolute Gasteiger partial charge is 0.378 e. The van der Waals surface area contributed by atoms with Crippen LogP contribution in [0.5, 0.6) is 0 Å². The van der Waals surface area contributed by atoms with E-state index in [0.717, 1.165) is 25.5 Å². The SMILES string of the molecule is O=[N+]([O-])c1cc(F)c(N2CCOCC2)cc1NC[C@@H]1CCCO1. The van der Waals surface area contributed by atoms with E-state index in [4.69, 9.17) is 9.47 Å². The van der Waals surface area contributed by atoms with Crippen molar-refractivity contribution in [3.8, 4) is 0 Å². The number of hydrogen-bond donors (Lipinski definition) is 1. The van der Waals surface area contributed by atoms with Gasteiger partial charge in [-0.15, -0.1) is 0 Å². The maximum Gasteiger partial charge on any atom is 0.295 e. The number of nitrogens with zero attached hydrogens (tertiary/aromatic N) is 2. The van der Waals surface area contributed by atoms with Gasteiger partial charge in [0.15, 0.2) is 5.82 Å².